The SMILES string of the molecule is COc1ccc(Br)cc1C[NH+]1CCNC(=O)C1. The van der Waals surface area contributed by atoms with Crippen LogP contribution in [-0.2, 0) is 11.3 Å². The van der Waals surface area contributed by atoms with Crippen LogP contribution in [0.2, 0.25) is 0 Å². The second-order valence-corrected chi connectivity index (χ2v) is 5.08. The van der Waals surface area contributed by atoms with Crippen LogP contribution in [0.1, 0.15) is 5.56 Å². The molecule has 1 atom stereocenters. The molecule has 92 valence electrons. The van der Waals surface area contributed by atoms with Gasteiger partial charge >= 0.3 is 0 Å². The van der Waals surface area contributed by atoms with E-state index in [9.17, 15) is 4.79 Å². The minimum atomic E-state index is 0.125. The standard InChI is InChI=1S/C12H15BrN2O2/c1-17-11-3-2-10(13)6-9(11)7-15-5-4-14-12(16)8-15/h2-3,6H,4-5,7-8H2,1H3,(H,14,16)/p+1. The van der Waals surface area contributed by atoms with Crippen molar-refractivity contribution in [2.75, 3.05) is 26.7 Å². The summed E-state index contributed by atoms with van der Waals surface area (Å²) in [4.78, 5) is 12.6. The van der Waals surface area contributed by atoms with Gasteiger partial charge in [-0.05, 0) is 18.2 Å². The highest BCUT2D eigenvalue weighted by Gasteiger charge is 2.21. The minimum absolute atomic E-state index is 0.125. The van der Waals surface area contributed by atoms with Gasteiger partial charge in [0.2, 0.25) is 0 Å². The Morgan fingerprint density at radius 3 is 3.06 bits per heavy atom. The Kier molecular flexibility index (Phi) is 4.02. The van der Waals surface area contributed by atoms with Crippen molar-refractivity contribution >= 4 is 21.8 Å². The van der Waals surface area contributed by atoms with Gasteiger partial charge in [0.1, 0.15) is 12.3 Å². The molecular formula is C12H16BrN2O2+. The van der Waals surface area contributed by atoms with Crippen LogP contribution in [0.3, 0.4) is 0 Å². The highest BCUT2D eigenvalue weighted by molar-refractivity contribution is 9.10. The Morgan fingerprint density at radius 2 is 2.35 bits per heavy atom. The third-order valence-corrected chi connectivity index (χ3v) is 3.39. The molecule has 1 heterocycles. The zero-order valence-electron chi connectivity index (χ0n) is 9.75. The van der Waals surface area contributed by atoms with Gasteiger partial charge < -0.3 is 15.0 Å². The molecule has 0 aromatic heterocycles. The number of ether oxygens (including phenoxy) is 1. The lowest BCUT2D eigenvalue weighted by Crippen LogP contribution is -3.14. The molecule has 0 radical (unpaired) electrons. The summed E-state index contributed by atoms with van der Waals surface area (Å²) < 4.78 is 6.37. The van der Waals surface area contributed by atoms with E-state index in [1.54, 1.807) is 7.11 Å². The third kappa shape index (κ3) is 3.20. The first-order chi connectivity index (χ1) is 8.19. The zero-order valence-corrected chi connectivity index (χ0v) is 11.3. The summed E-state index contributed by atoms with van der Waals surface area (Å²) >= 11 is 3.46. The lowest BCUT2D eigenvalue weighted by Gasteiger charge is -2.24. The fraction of sp³-hybridized carbons (Fsp3) is 0.417. The van der Waals surface area contributed by atoms with Crippen molar-refractivity contribution in [3.8, 4) is 5.75 Å². The van der Waals surface area contributed by atoms with E-state index in [0.29, 0.717) is 6.54 Å². The van der Waals surface area contributed by atoms with Crippen molar-refractivity contribution in [3.63, 3.8) is 0 Å². The molecular weight excluding hydrogens is 284 g/mol. The number of rotatable bonds is 3. The number of halogens is 1. The Hall–Kier alpha value is -1.07. The predicted octanol–water partition coefficient (Wildman–Crippen LogP) is -0.0276. The number of benzene rings is 1. The van der Waals surface area contributed by atoms with Crippen molar-refractivity contribution in [1.29, 1.82) is 0 Å². The van der Waals surface area contributed by atoms with Crippen LogP contribution in [0.5, 0.6) is 5.75 Å². The highest BCUT2D eigenvalue weighted by Crippen LogP contribution is 2.22. The number of piperazine rings is 1. The number of quaternary nitrogens is 1. The molecule has 0 bridgehead atoms. The molecule has 4 nitrogen and oxygen atoms in total. The Balaban J connectivity index is 2.11. The fourth-order valence-corrected chi connectivity index (χ4v) is 2.47. The van der Waals surface area contributed by atoms with Crippen molar-refractivity contribution in [1.82, 2.24) is 5.32 Å². The van der Waals surface area contributed by atoms with Crippen molar-refractivity contribution in [2.24, 2.45) is 0 Å². The van der Waals surface area contributed by atoms with E-state index in [1.165, 1.54) is 4.90 Å². The number of carbonyl (C=O) groups is 1. The molecule has 1 saturated heterocycles. The zero-order chi connectivity index (χ0) is 12.3. The molecule has 17 heavy (non-hydrogen) atoms. The second-order valence-electron chi connectivity index (χ2n) is 4.16. The Bertz CT molecular complexity index is 423. The molecule has 0 aliphatic carbocycles. The van der Waals surface area contributed by atoms with E-state index < -0.39 is 0 Å². The number of carbonyl (C=O) groups excluding carboxylic acids is 1. The summed E-state index contributed by atoms with van der Waals surface area (Å²) in [5, 5.41) is 2.84. The lowest BCUT2D eigenvalue weighted by molar-refractivity contribution is -0.907. The molecule has 2 rings (SSSR count). The van der Waals surface area contributed by atoms with Crippen LogP contribution in [0.4, 0.5) is 0 Å². The molecule has 1 aliphatic rings. The normalized spacial score (nSPS) is 19.9. The molecule has 0 saturated carbocycles. The van der Waals surface area contributed by atoms with Gasteiger partial charge in [0.25, 0.3) is 5.91 Å². The van der Waals surface area contributed by atoms with Crippen molar-refractivity contribution in [3.05, 3.63) is 28.2 Å². The topological polar surface area (TPSA) is 42.8 Å². The largest absolute Gasteiger partial charge is 0.496 e. The average Bonchev–Trinajstić information content (AvgIpc) is 2.29. The van der Waals surface area contributed by atoms with Gasteiger partial charge in [0, 0.05) is 10.0 Å². The van der Waals surface area contributed by atoms with Gasteiger partial charge in [-0.1, -0.05) is 15.9 Å². The predicted molar refractivity (Wildman–Crippen MR) is 68.1 cm³/mol. The molecule has 1 aromatic rings. The van der Waals surface area contributed by atoms with Crippen molar-refractivity contribution in [2.45, 2.75) is 6.54 Å². The van der Waals surface area contributed by atoms with Crippen LogP contribution in [-0.4, -0.2) is 32.7 Å². The Morgan fingerprint density at radius 1 is 1.53 bits per heavy atom. The number of hydrogen-bond acceptors (Lipinski definition) is 2. The summed E-state index contributed by atoms with van der Waals surface area (Å²) in [5.74, 6) is 1.01. The number of amides is 1. The first kappa shape index (κ1) is 12.4. The van der Waals surface area contributed by atoms with E-state index >= 15 is 0 Å². The van der Waals surface area contributed by atoms with Crippen molar-refractivity contribution < 1.29 is 14.4 Å². The second kappa shape index (κ2) is 5.51. The molecule has 1 aromatic carbocycles. The fourth-order valence-electron chi connectivity index (χ4n) is 2.06. The van der Waals surface area contributed by atoms with Gasteiger partial charge in [-0.25, -0.2) is 0 Å². The molecule has 1 fully saturated rings. The van der Waals surface area contributed by atoms with Crippen LogP contribution in [0, 0.1) is 0 Å². The molecule has 5 heteroatoms. The molecule has 2 N–H and O–H groups in total. The van der Waals surface area contributed by atoms with Crippen LogP contribution >= 0.6 is 15.9 Å². The van der Waals surface area contributed by atoms with Gasteiger partial charge in [-0.2, -0.15) is 0 Å². The first-order valence-corrected chi connectivity index (χ1v) is 6.41. The number of hydrogen-bond donors (Lipinski definition) is 2. The van der Waals surface area contributed by atoms with Gasteiger partial charge in [0.15, 0.2) is 6.54 Å². The van der Waals surface area contributed by atoms with Crippen LogP contribution in [0.25, 0.3) is 0 Å². The molecule has 1 unspecified atom stereocenters. The van der Waals surface area contributed by atoms with E-state index in [4.69, 9.17) is 4.74 Å². The summed E-state index contributed by atoms with van der Waals surface area (Å²) in [5.41, 5.74) is 1.13. The molecule has 1 aliphatic heterocycles. The average molecular weight is 300 g/mol. The maximum Gasteiger partial charge on any atom is 0.275 e. The smallest absolute Gasteiger partial charge is 0.275 e. The van der Waals surface area contributed by atoms with Crippen LogP contribution in [0.15, 0.2) is 22.7 Å². The minimum Gasteiger partial charge on any atom is -0.496 e. The monoisotopic (exact) mass is 299 g/mol. The van der Waals surface area contributed by atoms with Crippen LogP contribution < -0.4 is 15.0 Å². The maximum atomic E-state index is 11.3. The summed E-state index contributed by atoms with van der Waals surface area (Å²) in [6, 6.07) is 5.96. The van der Waals surface area contributed by atoms with Gasteiger partial charge in [0.05, 0.1) is 20.2 Å². The van der Waals surface area contributed by atoms with E-state index in [1.807, 2.05) is 12.1 Å². The third-order valence-electron chi connectivity index (χ3n) is 2.89. The van der Waals surface area contributed by atoms with E-state index in [2.05, 4.69) is 27.3 Å². The molecule has 1 amide bonds. The quantitative estimate of drug-likeness (QED) is 0.823. The summed E-state index contributed by atoms with van der Waals surface area (Å²) in [7, 11) is 1.67. The van der Waals surface area contributed by atoms with Gasteiger partial charge in [-0.3, -0.25) is 4.79 Å². The van der Waals surface area contributed by atoms with E-state index in [-0.39, 0.29) is 5.91 Å². The number of methoxy groups -OCH3 is 1. The van der Waals surface area contributed by atoms with E-state index in [0.717, 1.165) is 35.4 Å². The lowest BCUT2D eigenvalue weighted by atomic mass is 10.1. The highest BCUT2D eigenvalue weighted by atomic mass is 79.9. The maximum absolute atomic E-state index is 11.3. The summed E-state index contributed by atoms with van der Waals surface area (Å²) in [6.45, 7) is 3.07. The first-order valence-electron chi connectivity index (χ1n) is 5.61. The van der Waals surface area contributed by atoms with Gasteiger partial charge in [-0.15, -0.1) is 0 Å². The molecule has 0 spiro atoms. The Labute approximate surface area is 109 Å². The number of nitrogens with one attached hydrogen (secondary N) is 2. The summed E-state index contributed by atoms with van der Waals surface area (Å²) in [6.07, 6.45) is 0.